The topological polar surface area (TPSA) is 71.4 Å². The zero-order valence-electron chi connectivity index (χ0n) is 12.0. The first-order chi connectivity index (χ1) is 11.1. The minimum atomic E-state index is -3.81. The molecule has 116 valence electrons. The third-order valence-electron chi connectivity index (χ3n) is 2.96. The normalized spacial score (nSPS) is 12.1. The number of benzene rings is 2. The van der Waals surface area contributed by atoms with Crippen molar-refractivity contribution in [2.45, 2.75) is 4.90 Å². The molecule has 0 saturated carbocycles. The second kappa shape index (κ2) is 6.72. The van der Waals surface area contributed by atoms with Gasteiger partial charge in [0.25, 0.3) is 10.0 Å². The highest BCUT2D eigenvalue weighted by Crippen LogP contribution is 2.17. The fourth-order valence-electron chi connectivity index (χ4n) is 1.90. The summed E-state index contributed by atoms with van der Waals surface area (Å²) in [7, 11) is -3.81. The van der Waals surface area contributed by atoms with Crippen molar-refractivity contribution >= 4 is 32.3 Å². The van der Waals surface area contributed by atoms with Gasteiger partial charge < -0.3 is 5.32 Å². The zero-order chi connectivity index (χ0) is 16.1. The van der Waals surface area contributed by atoms with Gasteiger partial charge >= 0.3 is 0 Å². The maximum atomic E-state index is 12.5. The van der Waals surface area contributed by atoms with E-state index >= 15 is 0 Å². The van der Waals surface area contributed by atoms with Gasteiger partial charge in [0.2, 0.25) is 0 Å². The maximum absolute atomic E-state index is 12.5. The summed E-state index contributed by atoms with van der Waals surface area (Å²) >= 11 is 1.37. The van der Waals surface area contributed by atoms with Crippen LogP contribution in [0.5, 0.6) is 0 Å². The molecule has 0 spiro atoms. The molecule has 3 aromatic rings. The lowest BCUT2D eigenvalue weighted by Crippen LogP contribution is -2.16. The number of hydrogen-bond donors (Lipinski definition) is 1. The maximum Gasteiger partial charge on any atom is 0.284 e. The smallest absolute Gasteiger partial charge is 0.284 e. The van der Waals surface area contributed by atoms with Crippen LogP contribution < -0.4 is 5.32 Å². The monoisotopic (exact) mass is 343 g/mol. The zero-order valence-corrected chi connectivity index (χ0v) is 13.6. The van der Waals surface area contributed by atoms with E-state index in [0.29, 0.717) is 10.7 Å². The molecule has 5 nitrogen and oxygen atoms in total. The van der Waals surface area contributed by atoms with Crippen molar-refractivity contribution in [2.75, 3.05) is 5.32 Å². The van der Waals surface area contributed by atoms with E-state index in [2.05, 4.69) is 14.7 Å². The molecule has 0 aliphatic rings. The summed E-state index contributed by atoms with van der Waals surface area (Å²) in [5, 5.41) is 5.36. The molecule has 0 aliphatic heterocycles. The fourth-order valence-corrected chi connectivity index (χ4v) is 3.42. The van der Waals surface area contributed by atoms with Gasteiger partial charge in [0, 0.05) is 17.1 Å². The minimum absolute atomic E-state index is 0.148. The number of nitrogens with zero attached hydrogens (tertiary/aromatic N) is 2. The van der Waals surface area contributed by atoms with Gasteiger partial charge in [-0.1, -0.05) is 48.5 Å². The first-order valence-electron chi connectivity index (χ1n) is 6.77. The van der Waals surface area contributed by atoms with Crippen molar-refractivity contribution in [3.05, 3.63) is 77.8 Å². The molecule has 0 aliphatic carbocycles. The lowest BCUT2D eigenvalue weighted by molar-refractivity contribution is 0.598. The largest absolute Gasteiger partial charge is 0.315 e. The highest BCUT2D eigenvalue weighted by molar-refractivity contribution is 7.90. The number of aromatic nitrogens is 1. The predicted octanol–water partition coefficient (Wildman–Crippen LogP) is 3.39. The van der Waals surface area contributed by atoms with Crippen LogP contribution in [-0.4, -0.2) is 19.2 Å². The van der Waals surface area contributed by atoms with Gasteiger partial charge in [-0.15, -0.1) is 15.7 Å². The van der Waals surface area contributed by atoms with E-state index in [1.165, 1.54) is 23.5 Å². The second-order valence-electron chi connectivity index (χ2n) is 4.56. The summed E-state index contributed by atoms with van der Waals surface area (Å²) in [5.74, 6) is 0.240. The third-order valence-corrected chi connectivity index (χ3v) is 4.94. The van der Waals surface area contributed by atoms with Crippen LogP contribution in [0.1, 0.15) is 5.56 Å². The first kappa shape index (κ1) is 15.4. The molecule has 23 heavy (non-hydrogen) atoms. The Morgan fingerprint density at radius 2 is 1.65 bits per heavy atom. The van der Waals surface area contributed by atoms with E-state index in [1.807, 2.05) is 18.2 Å². The van der Waals surface area contributed by atoms with Crippen LogP contribution in [0.3, 0.4) is 0 Å². The third kappa shape index (κ3) is 3.82. The molecule has 3 rings (SSSR count). The summed E-state index contributed by atoms with van der Waals surface area (Å²) in [6.07, 6.45) is 1.64. The van der Waals surface area contributed by atoms with Gasteiger partial charge in [-0.3, -0.25) is 0 Å². The van der Waals surface area contributed by atoms with E-state index in [-0.39, 0.29) is 10.7 Å². The molecule has 7 heteroatoms. The standard InChI is InChI=1S/C16H13N3O2S2/c20-23(21,14-9-5-2-6-10-14)19-15(13-7-3-1-4-8-13)18-16-17-11-12-22-16/h1-12H,(H,17,18,19). The summed E-state index contributed by atoms with van der Waals surface area (Å²) in [4.78, 5) is 4.26. The Balaban J connectivity index is 2.04. The van der Waals surface area contributed by atoms with Crippen LogP contribution >= 0.6 is 11.3 Å². The Labute approximate surface area is 138 Å². The van der Waals surface area contributed by atoms with Crippen molar-refractivity contribution in [1.82, 2.24) is 4.98 Å². The Morgan fingerprint density at radius 1 is 1.00 bits per heavy atom. The lowest BCUT2D eigenvalue weighted by atomic mass is 10.2. The number of thiazole rings is 1. The molecule has 1 heterocycles. The fraction of sp³-hybridized carbons (Fsp3) is 0. The number of sulfonamides is 1. The molecule has 0 bridgehead atoms. The lowest BCUT2D eigenvalue weighted by Gasteiger charge is -2.08. The molecule has 0 fully saturated rings. The molecule has 0 atom stereocenters. The Morgan fingerprint density at radius 3 is 2.26 bits per heavy atom. The Kier molecular flexibility index (Phi) is 4.50. The Hall–Kier alpha value is -2.51. The average Bonchev–Trinajstić information content (AvgIpc) is 3.09. The van der Waals surface area contributed by atoms with Gasteiger partial charge in [0.15, 0.2) is 11.0 Å². The van der Waals surface area contributed by atoms with Crippen molar-refractivity contribution in [3.8, 4) is 0 Å². The molecule has 2 aromatic carbocycles. The van der Waals surface area contributed by atoms with E-state index in [1.54, 1.807) is 41.9 Å². The molecule has 1 aromatic heterocycles. The molecule has 0 amide bonds. The molecule has 0 radical (unpaired) electrons. The minimum Gasteiger partial charge on any atom is -0.315 e. The Bertz CT molecular complexity index is 891. The van der Waals surface area contributed by atoms with Gasteiger partial charge in [-0.2, -0.15) is 8.42 Å². The van der Waals surface area contributed by atoms with Crippen molar-refractivity contribution < 1.29 is 8.42 Å². The van der Waals surface area contributed by atoms with Crippen LogP contribution in [0.25, 0.3) is 0 Å². The number of nitrogens with one attached hydrogen (secondary N) is 1. The van der Waals surface area contributed by atoms with Gasteiger partial charge in [0.05, 0.1) is 4.90 Å². The number of hydrogen-bond acceptors (Lipinski definition) is 4. The molecular weight excluding hydrogens is 330 g/mol. The van der Waals surface area contributed by atoms with Crippen molar-refractivity contribution in [1.29, 1.82) is 0 Å². The quantitative estimate of drug-likeness (QED) is 0.582. The van der Waals surface area contributed by atoms with E-state index < -0.39 is 10.0 Å². The number of anilines is 1. The highest BCUT2D eigenvalue weighted by atomic mass is 32.2. The van der Waals surface area contributed by atoms with Crippen LogP contribution in [-0.2, 0) is 10.0 Å². The van der Waals surface area contributed by atoms with E-state index in [0.717, 1.165) is 0 Å². The summed E-state index contributed by atoms with van der Waals surface area (Å²) < 4.78 is 29.0. The SMILES string of the molecule is O=S(=O)(/N=C(/Nc1nccs1)c1ccccc1)c1ccccc1. The summed E-state index contributed by atoms with van der Waals surface area (Å²) in [5.41, 5.74) is 0.669. The van der Waals surface area contributed by atoms with Crippen LogP contribution in [0.4, 0.5) is 5.13 Å². The van der Waals surface area contributed by atoms with Crippen LogP contribution in [0, 0.1) is 0 Å². The first-order valence-corrected chi connectivity index (χ1v) is 9.09. The van der Waals surface area contributed by atoms with Crippen molar-refractivity contribution in [3.63, 3.8) is 0 Å². The average molecular weight is 343 g/mol. The van der Waals surface area contributed by atoms with E-state index in [4.69, 9.17) is 0 Å². The van der Waals surface area contributed by atoms with Crippen LogP contribution in [0.15, 0.2) is 81.5 Å². The summed E-state index contributed by atoms with van der Waals surface area (Å²) in [6.45, 7) is 0. The number of rotatable bonds is 4. The molecule has 0 unspecified atom stereocenters. The van der Waals surface area contributed by atoms with E-state index in [9.17, 15) is 8.42 Å². The predicted molar refractivity (Wildman–Crippen MR) is 92.3 cm³/mol. The summed E-state index contributed by atoms with van der Waals surface area (Å²) in [6, 6.07) is 17.2. The van der Waals surface area contributed by atoms with Crippen molar-refractivity contribution in [2.24, 2.45) is 4.40 Å². The van der Waals surface area contributed by atoms with Crippen LogP contribution in [0.2, 0.25) is 0 Å². The van der Waals surface area contributed by atoms with Gasteiger partial charge in [0.1, 0.15) is 0 Å². The molecule has 1 N–H and O–H groups in total. The second-order valence-corrected chi connectivity index (χ2v) is 7.05. The van der Waals surface area contributed by atoms with Gasteiger partial charge in [-0.05, 0) is 12.1 Å². The number of amidine groups is 1. The highest BCUT2D eigenvalue weighted by Gasteiger charge is 2.15. The molecule has 0 saturated heterocycles. The molecular formula is C16H13N3O2S2. The van der Waals surface area contributed by atoms with Gasteiger partial charge in [-0.25, -0.2) is 4.98 Å².